The van der Waals surface area contributed by atoms with Crippen LogP contribution in [0.15, 0.2) is 34.9 Å². The zero-order valence-electron chi connectivity index (χ0n) is 12.1. The maximum atomic E-state index is 12.7. The van der Waals surface area contributed by atoms with Gasteiger partial charge in [-0.25, -0.2) is 0 Å². The minimum atomic E-state index is 0. The first-order valence-corrected chi connectivity index (χ1v) is 7.18. The van der Waals surface area contributed by atoms with Crippen LogP contribution in [0.4, 0.5) is 0 Å². The van der Waals surface area contributed by atoms with Crippen molar-refractivity contribution in [2.45, 2.75) is 25.8 Å². The summed E-state index contributed by atoms with van der Waals surface area (Å²) in [6.07, 6.45) is 3.70. The molecule has 5 heteroatoms. The van der Waals surface area contributed by atoms with E-state index in [0.717, 1.165) is 36.9 Å². The van der Waals surface area contributed by atoms with Crippen molar-refractivity contribution in [3.05, 3.63) is 36.1 Å². The second-order valence-corrected chi connectivity index (χ2v) is 5.66. The lowest BCUT2D eigenvalue weighted by molar-refractivity contribution is 0.0662. The molecule has 21 heavy (non-hydrogen) atoms. The zero-order valence-corrected chi connectivity index (χ0v) is 12.9. The summed E-state index contributed by atoms with van der Waals surface area (Å²) in [5.74, 6) is 0.450. The number of para-hydroxylation sites is 1. The molecule has 2 heterocycles. The molecule has 0 bridgehead atoms. The maximum Gasteiger partial charge on any atom is 0.257 e. The molecular formula is C16H21ClN2O2. The van der Waals surface area contributed by atoms with Crippen molar-refractivity contribution in [2.75, 3.05) is 13.1 Å². The molecule has 1 amide bonds. The molecular weight excluding hydrogens is 288 g/mol. The number of hydrogen-bond donors (Lipinski definition) is 1. The number of likely N-dealkylation sites (tertiary alicyclic amines) is 1. The standard InChI is InChI=1S/C16H20N2O2.ClH/c1-11(17)12-5-4-8-18(9-12)16(19)14-10-20-15-7-3-2-6-13(14)15;/h2-3,6-7,10-12H,4-5,8-9,17H2,1H3;1H. The van der Waals surface area contributed by atoms with Crippen LogP contribution in [0.2, 0.25) is 0 Å². The Morgan fingerprint density at radius 2 is 2.19 bits per heavy atom. The first-order valence-electron chi connectivity index (χ1n) is 7.18. The smallest absolute Gasteiger partial charge is 0.257 e. The van der Waals surface area contributed by atoms with E-state index in [1.807, 2.05) is 36.1 Å². The van der Waals surface area contributed by atoms with Gasteiger partial charge in [0.1, 0.15) is 11.8 Å². The summed E-state index contributed by atoms with van der Waals surface area (Å²) in [7, 11) is 0. The minimum absolute atomic E-state index is 0. The average Bonchev–Trinajstić information content (AvgIpc) is 2.90. The van der Waals surface area contributed by atoms with Gasteiger partial charge in [0, 0.05) is 24.5 Å². The fourth-order valence-electron chi connectivity index (χ4n) is 2.94. The molecule has 1 aliphatic rings. The van der Waals surface area contributed by atoms with E-state index in [0.29, 0.717) is 11.5 Å². The quantitative estimate of drug-likeness (QED) is 0.927. The minimum Gasteiger partial charge on any atom is -0.463 e. The van der Waals surface area contributed by atoms with Crippen LogP contribution in [-0.2, 0) is 0 Å². The van der Waals surface area contributed by atoms with Crippen molar-refractivity contribution in [3.63, 3.8) is 0 Å². The summed E-state index contributed by atoms with van der Waals surface area (Å²) in [5, 5.41) is 0.889. The number of nitrogens with two attached hydrogens (primary N) is 1. The van der Waals surface area contributed by atoms with Crippen molar-refractivity contribution in [3.8, 4) is 0 Å². The summed E-state index contributed by atoms with van der Waals surface area (Å²) >= 11 is 0. The molecule has 1 aromatic carbocycles. The van der Waals surface area contributed by atoms with Crippen LogP contribution in [0, 0.1) is 5.92 Å². The van der Waals surface area contributed by atoms with E-state index in [-0.39, 0.29) is 24.4 Å². The van der Waals surface area contributed by atoms with Gasteiger partial charge in [0.25, 0.3) is 5.91 Å². The zero-order chi connectivity index (χ0) is 14.1. The van der Waals surface area contributed by atoms with Crippen LogP contribution < -0.4 is 5.73 Å². The topological polar surface area (TPSA) is 59.5 Å². The first-order chi connectivity index (χ1) is 9.66. The third-order valence-electron chi connectivity index (χ3n) is 4.20. The predicted octanol–water partition coefficient (Wildman–Crippen LogP) is 3.05. The number of amides is 1. The normalized spacial score (nSPS) is 20.1. The van der Waals surface area contributed by atoms with Crippen LogP contribution in [0.1, 0.15) is 30.1 Å². The molecule has 114 valence electrons. The Hall–Kier alpha value is -1.52. The molecule has 3 rings (SSSR count). The monoisotopic (exact) mass is 308 g/mol. The number of furan rings is 1. The number of fused-ring (bicyclic) bond motifs is 1. The van der Waals surface area contributed by atoms with Crippen molar-refractivity contribution < 1.29 is 9.21 Å². The van der Waals surface area contributed by atoms with Gasteiger partial charge in [-0.1, -0.05) is 18.2 Å². The van der Waals surface area contributed by atoms with Crippen LogP contribution in [-0.4, -0.2) is 29.9 Å². The molecule has 4 nitrogen and oxygen atoms in total. The number of carbonyl (C=O) groups excluding carboxylic acids is 1. The second kappa shape index (κ2) is 6.50. The molecule has 2 N–H and O–H groups in total. The Morgan fingerprint density at radius 3 is 2.95 bits per heavy atom. The predicted molar refractivity (Wildman–Crippen MR) is 85.7 cm³/mol. The van der Waals surface area contributed by atoms with Crippen LogP contribution in [0.3, 0.4) is 0 Å². The van der Waals surface area contributed by atoms with Gasteiger partial charge in [0.05, 0.1) is 5.56 Å². The number of hydrogen-bond acceptors (Lipinski definition) is 3. The van der Waals surface area contributed by atoms with Gasteiger partial charge in [0.2, 0.25) is 0 Å². The molecule has 2 aromatic rings. The highest BCUT2D eigenvalue weighted by molar-refractivity contribution is 6.05. The molecule has 1 saturated heterocycles. The van der Waals surface area contributed by atoms with E-state index in [1.54, 1.807) is 6.26 Å². The highest BCUT2D eigenvalue weighted by Gasteiger charge is 2.27. The Labute approximate surface area is 130 Å². The van der Waals surface area contributed by atoms with Gasteiger partial charge in [0.15, 0.2) is 0 Å². The fraction of sp³-hybridized carbons (Fsp3) is 0.438. The summed E-state index contributed by atoms with van der Waals surface area (Å²) in [4.78, 5) is 14.6. The van der Waals surface area contributed by atoms with Gasteiger partial charge in [-0.15, -0.1) is 12.4 Å². The van der Waals surface area contributed by atoms with Crippen LogP contribution >= 0.6 is 12.4 Å². The number of nitrogens with zero attached hydrogens (tertiary/aromatic N) is 1. The lowest BCUT2D eigenvalue weighted by Gasteiger charge is -2.34. The summed E-state index contributed by atoms with van der Waals surface area (Å²) < 4.78 is 5.46. The van der Waals surface area contributed by atoms with Crippen LogP contribution in [0.5, 0.6) is 0 Å². The molecule has 0 radical (unpaired) electrons. The van der Waals surface area contributed by atoms with E-state index >= 15 is 0 Å². The molecule has 0 spiro atoms. The molecule has 0 aliphatic carbocycles. The largest absolute Gasteiger partial charge is 0.463 e. The molecule has 0 saturated carbocycles. The lowest BCUT2D eigenvalue weighted by Crippen LogP contribution is -2.45. The molecule has 1 aliphatic heterocycles. The number of benzene rings is 1. The van der Waals surface area contributed by atoms with Crippen LogP contribution in [0.25, 0.3) is 11.0 Å². The second-order valence-electron chi connectivity index (χ2n) is 5.66. The number of halogens is 1. The van der Waals surface area contributed by atoms with Gasteiger partial charge in [-0.3, -0.25) is 4.79 Å². The Balaban J connectivity index is 0.00000161. The summed E-state index contributed by atoms with van der Waals surface area (Å²) in [6, 6.07) is 7.78. The Kier molecular flexibility index (Phi) is 4.91. The Morgan fingerprint density at radius 1 is 1.43 bits per heavy atom. The number of piperidine rings is 1. The first kappa shape index (κ1) is 15.9. The number of carbonyl (C=O) groups is 1. The number of rotatable bonds is 2. The highest BCUT2D eigenvalue weighted by atomic mass is 35.5. The van der Waals surface area contributed by atoms with Crippen molar-refractivity contribution in [2.24, 2.45) is 11.7 Å². The van der Waals surface area contributed by atoms with E-state index in [4.69, 9.17) is 10.2 Å². The van der Waals surface area contributed by atoms with E-state index in [1.165, 1.54) is 0 Å². The maximum absolute atomic E-state index is 12.7. The van der Waals surface area contributed by atoms with Crippen molar-refractivity contribution in [1.29, 1.82) is 0 Å². The van der Waals surface area contributed by atoms with Gasteiger partial charge in [-0.2, -0.15) is 0 Å². The molecule has 1 aromatic heterocycles. The lowest BCUT2D eigenvalue weighted by atomic mass is 9.92. The van der Waals surface area contributed by atoms with Gasteiger partial charge in [-0.05, 0) is 31.7 Å². The Bertz CT molecular complexity index is 624. The summed E-state index contributed by atoms with van der Waals surface area (Å²) in [5.41, 5.74) is 7.40. The van der Waals surface area contributed by atoms with E-state index < -0.39 is 0 Å². The van der Waals surface area contributed by atoms with Crippen molar-refractivity contribution >= 4 is 29.3 Å². The average molecular weight is 309 g/mol. The van der Waals surface area contributed by atoms with Gasteiger partial charge >= 0.3 is 0 Å². The third kappa shape index (κ3) is 3.06. The summed E-state index contributed by atoms with van der Waals surface area (Å²) in [6.45, 7) is 3.57. The fourth-order valence-corrected chi connectivity index (χ4v) is 2.94. The molecule has 2 atom stereocenters. The highest BCUT2D eigenvalue weighted by Crippen LogP contribution is 2.25. The van der Waals surface area contributed by atoms with E-state index in [9.17, 15) is 4.79 Å². The van der Waals surface area contributed by atoms with E-state index in [2.05, 4.69) is 0 Å². The van der Waals surface area contributed by atoms with Crippen molar-refractivity contribution in [1.82, 2.24) is 4.90 Å². The molecule has 1 fully saturated rings. The molecule has 2 unspecified atom stereocenters. The van der Waals surface area contributed by atoms with Gasteiger partial charge < -0.3 is 15.1 Å². The third-order valence-corrected chi connectivity index (χ3v) is 4.20. The SMILES string of the molecule is CC(N)C1CCCN(C(=O)c2coc3ccccc23)C1.Cl.